The molecule has 0 aromatic rings. The molecule has 0 spiro atoms. The third-order valence-electron chi connectivity index (χ3n) is 12.6. The van der Waals surface area contributed by atoms with Gasteiger partial charge < -0.3 is 50.5 Å². The average Bonchev–Trinajstić information content (AvgIpc) is 3.26. The van der Waals surface area contributed by atoms with Crippen molar-refractivity contribution in [2.45, 2.75) is 287 Å². The first-order valence-corrected chi connectivity index (χ1v) is 25.6. The lowest BCUT2D eigenvalue weighted by Gasteiger charge is -2.40. The van der Waals surface area contributed by atoms with Crippen molar-refractivity contribution in [2.75, 3.05) is 13.2 Å². The predicted octanol–water partition coefficient (Wildman–Crippen LogP) is 9.23. The molecule has 0 bridgehead atoms. The second kappa shape index (κ2) is 40.4. The van der Waals surface area contributed by atoms with Crippen molar-refractivity contribution < 1.29 is 50.0 Å². The smallest absolute Gasteiger partial charge is 0.249 e. The van der Waals surface area contributed by atoms with E-state index >= 15 is 0 Å². The SMILES string of the molecule is CCCCCCCCCCCCCC/C=C\CCCCCCCCCCCCCCCCCCC(O)C(=O)NC(COC1OC(CO)C(O)C(O)C1O)C(O)C(O)CCCC. The van der Waals surface area contributed by atoms with E-state index in [1.54, 1.807) is 0 Å². The highest BCUT2D eigenvalue weighted by Gasteiger charge is 2.44. The fourth-order valence-corrected chi connectivity index (χ4v) is 8.31. The highest BCUT2D eigenvalue weighted by atomic mass is 16.7. The maximum absolute atomic E-state index is 12.9. The zero-order valence-corrected chi connectivity index (χ0v) is 39.2. The van der Waals surface area contributed by atoms with Gasteiger partial charge in [0.2, 0.25) is 5.91 Å². The molecule has 0 aromatic carbocycles. The Bertz CT molecular complexity index is 1000. The number of carbonyl (C=O) groups excluding carboxylic acids is 1. The molecule has 9 unspecified atom stereocenters. The maximum atomic E-state index is 12.9. The van der Waals surface area contributed by atoms with Crippen LogP contribution in [0.5, 0.6) is 0 Å². The van der Waals surface area contributed by atoms with Gasteiger partial charge in [-0.2, -0.15) is 0 Å². The van der Waals surface area contributed by atoms with Gasteiger partial charge in [0.15, 0.2) is 6.29 Å². The second-order valence-corrected chi connectivity index (χ2v) is 18.2. The molecule has 1 heterocycles. The minimum absolute atomic E-state index is 0.261. The summed E-state index contributed by atoms with van der Waals surface area (Å²) in [6.45, 7) is 3.17. The lowest BCUT2D eigenvalue weighted by atomic mass is 9.99. The van der Waals surface area contributed by atoms with E-state index in [1.807, 2.05) is 6.92 Å². The zero-order valence-electron chi connectivity index (χ0n) is 39.2. The van der Waals surface area contributed by atoms with Crippen LogP contribution in [0.3, 0.4) is 0 Å². The number of nitrogens with one attached hydrogen (secondary N) is 1. The van der Waals surface area contributed by atoms with Crippen molar-refractivity contribution in [1.29, 1.82) is 0 Å². The Morgan fingerprint density at radius 3 is 1.39 bits per heavy atom. The number of ether oxygens (including phenoxy) is 2. The van der Waals surface area contributed by atoms with Crippen LogP contribution >= 0.6 is 0 Å². The van der Waals surface area contributed by atoms with Crippen LogP contribution in [0, 0.1) is 0 Å². The van der Waals surface area contributed by atoms with E-state index in [0.29, 0.717) is 12.8 Å². The van der Waals surface area contributed by atoms with E-state index in [-0.39, 0.29) is 12.8 Å². The van der Waals surface area contributed by atoms with E-state index in [0.717, 1.165) is 25.7 Å². The molecule has 0 aromatic heterocycles. The van der Waals surface area contributed by atoms with Crippen LogP contribution in [0.1, 0.15) is 232 Å². The van der Waals surface area contributed by atoms with Crippen molar-refractivity contribution in [3.05, 3.63) is 12.2 Å². The van der Waals surface area contributed by atoms with Crippen molar-refractivity contribution in [2.24, 2.45) is 0 Å². The molecule has 9 atom stereocenters. The molecule has 1 fully saturated rings. The largest absolute Gasteiger partial charge is 0.394 e. The lowest BCUT2D eigenvalue weighted by Crippen LogP contribution is -2.60. The van der Waals surface area contributed by atoms with Gasteiger partial charge in [-0.3, -0.25) is 4.79 Å². The molecule has 0 saturated carbocycles. The molecular weight excluding hydrogens is 775 g/mol. The van der Waals surface area contributed by atoms with Crippen molar-refractivity contribution in [3.63, 3.8) is 0 Å². The first kappa shape index (κ1) is 57.9. The van der Waals surface area contributed by atoms with Crippen LogP contribution in [0.25, 0.3) is 0 Å². The third-order valence-corrected chi connectivity index (χ3v) is 12.6. The monoisotopic (exact) mass is 872 g/mol. The quantitative estimate of drug-likeness (QED) is 0.0217. The number of aliphatic hydroxyl groups is 7. The number of aliphatic hydroxyl groups excluding tert-OH is 7. The summed E-state index contributed by atoms with van der Waals surface area (Å²) >= 11 is 0. The molecule has 61 heavy (non-hydrogen) atoms. The fourth-order valence-electron chi connectivity index (χ4n) is 8.31. The van der Waals surface area contributed by atoms with Gasteiger partial charge in [0, 0.05) is 0 Å². The average molecular weight is 872 g/mol. The first-order valence-electron chi connectivity index (χ1n) is 25.6. The summed E-state index contributed by atoms with van der Waals surface area (Å²) in [5, 5.41) is 74.4. The molecule has 1 saturated heterocycles. The van der Waals surface area contributed by atoms with E-state index < -0.39 is 74.2 Å². The van der Waals surface area contributed by atoms with Gasteiger partial charge in [-0.05, 0) is 38.5 Å². The van der Waals surface area contributed by atoms with Crippen molar-refractivity contribution in [3.8, 4) is 0 Å². The summed E-state index contributed by atoms with van der Waals surface area (Å²) in [6.07, 6.45) is 34.6. The molecule has 1 rings (SSSR count). The summed E-state index contributed by atoms with van der Waals surface area (Å²) < 4.78 is 10.9. The standard InChI is InChI=1S/C50H97NO10/c1-3-5-7-8-9-10-11-12-13-14-15-16-17-18-19-20-21-22-23-24-25-26-27-28-29-30-31-32-33-34-35-36-38-43(54)49(59)51-41(45(55)42(53)37-6-4-2)40-60-50-48(58)47(57)46(56)44(39-52)61-50/h18-19,41-48,50,52-58H,3-17,20-40H2,1-2H3,(H,51,59)/b19-18-. The first-order chi connectivity index (χ1) is 29.7. The molecule has 11 nitrogen and oxygen atoms in total. The second-order valence-electron chi connectivity index (χ2n) is 18.2. The van der Waals surface area contributed by atoms with Crippen LogP contribution < -0.4 is 5.32 Å². The Balaban J connectivity index is 2.02. The Hall–Kier alpha value is -1.15. The van der Waals surface area contributed by atoms with Gasteiger partial charge in [0.25, 0.3) is 0 Å². The van der Waals surface area contributed by atoms with E-state index in [9.17, 15) is 40.5 Å². The highest BCUT2D eigenvalue weighted by molar-refractivity contribution is 5.80. The van der Waals surface area contributed by atoms with E-state index in [1.165, 1.54) is 167 Å². The van der Waals surface area contributed by atoms with Gasteiger partial charge in [0.1, 0.15) is 36.6 Å². The number of rotatable bonds is 43. The summed E-state index contributed by atoms with van der Waals surface area (Å²) in [5.41, 5.74) is 0. The molecule has 0 aliphatic carbocycles. The number of allylic oxidation sites excluding steroid dienone is 2. The van der Waals surface area contributed by atoms with E-state index in [4.69, 9.17) is 9.47 Å². The number of amides is 1. The number of unbranched alkanes of at least 4 members (excludes halogenated alkanes) is 29. The Kier molecular flexibility index (Phi) is 38.3. The van der Waals surface area contributed by atoms with Crippen LogP contribution in [-0.2, 0) is 14.3 Å². The lowest BCUT2D eigenvalue weighted by molar-refractivity contribution is -0.303. The van der Waals surface area contributed by atoms with Crippen LogP contribution in [-0.4, -0.2) is 110 Å². The van der Waals surface area contributed by atoms with E-state index in [2.05, 4.69) is 24.4 Å². The van der Waals surface area contributed by atoms with Gasteiger partial charge in [0.05, 0.1) is 25.4 Å². The molecule has 1 aliphatic rings. The van der Waals surface area contributed by atoms with Gasteiger partial charge in [-0.15, -0.1) is 0 Å². The normalized spacial score (nSPS) is 21.5. The minimum atomic E-state index is -1.65. The molecule has 8 N–H and O–H groups in total. The fraction of sp³-hybridized carbons (Fsp3) is 0.940. The number of hydrogen-bond acceptors (Lipinski definition) is 10. The van der Waals surface area contributed by atoms with Crippen molar-refractivity contribution >= 4 is 5.91 Å². The summed E-state index contributed by atoms with van der Waals surface area (Å²) in [5.74, 6) is -0.706. The Morgan fingerprint density at radius 2 is 0.967 bits per heavy atom. The zero-order chi connectivity index (χ0) is 44.8. The summed E-state index contributed by atoms with van der Waals surface area (Å²) in [6, 6.07) is -1.16. The molecule has 1 aliphatic heterocycles. The third kappa shape index (κ3) is 29.8. The van der Waals surface area contributed by atoms with Gasteiger partial charge in [-0.1, -0.05) is 206 Å². The topological polar surface area (TPSA) is 189 Å². The van der Waals surface area contributed by atoms with Gasteiger partial charge >= 0.3 is 0 Å². The van der Waals surface area contributed by atoms with Crippen molar-refractivity contribution in [1.82, 2.24) is 5.32 Å². The summed E-state index contributed by atoms with van der Waals surface area (Å²) in [4.78, 5) is 12.9. The van der Waals surface area contributed by atoms with Crippen LogP contribution in [0.2, 0.25) is 0 Å². The minimum Gasteiger partial charge on any atom is -0.394 e. The number of hydrogen-bond donors (Lipinski definition) is 8. The van der Waals surface area contributed by atoms with Crippen LogP contribution in [0.4, 0.5) is 0 Å². The Labute approximate surface area is 372 Å². The Morgan fingerprint density at radius 1 is 0.557 bits per heavy atom. The predicted molar refractivity (Wildman–Crippen MR) is 247 cm³/mol. The molecule has 1 amide bonds. The highest BCUT2D eigenvalue weighted by Crippen LogP contribution is 2.23. The molecule has 362 valence electrons. The molecular formula is C50H97NO10. The van der Waals surface area contributed by atoms with Gasteiger partial charge in [-0.25, -0.2) is 0 Å². The maximum Gasteiger partial charge on any atom is 0.249 e. The molecule has 0 radical (unpaired) electrons. The van der Waals surface area contributed by atoms with Crippen LogP contribution in [0.15, 0.2) is 12.2 Å². The summed E-state index contributed by atoms with van der Waals surface area (Å²) in [7, 11) is 0. The number of carbonyl (C=O) groups is 1. The molecule has 11 heteroatoms.